The summed E-state index contributed by atoms with van der Waals surface area (Å²) in [6.07, 6.45) is 0. The van der Waals surface area contributed by atoms with Crippen LogP contribution in [0.2, 0.25) is 5.02 Å². The molecule has 1 aliphatic heterocycles. The maximum Gasteiger partial charge on any atom is 0.229 e. The molecular weight excluding hydrogens is 476 g/mol. The number of aryl methyl sites for hydroxylation is 1. The maximum absolute atomic E-state index is 9.99. The topological polar surface area (TPSA) is 95.3 Å². The minimum atomic E-state index is -0.484. The highest BCUT2D eigenvalue weighted by molar-refractivity contribution is 6.31. The van der Waals surface area contributed by atoms with E-state index in [0.717, 1.165) is 28.1 Å². The first-order chi connectivity index (χ1) is 17.5. The summed E-state index contributed by atoms with van der Waals surface area (Å²) in [5, 5.41) is 15.3. The third-order valence-electron chi connectivity index (χ3n) is 6.10. The third kappa shape index (κ3) is 4.12. The molecule has 0 spiro atoms. The van der Waals surface area contributed by atoms with Gasteiger partial charge in [0.15, 0.2) is 11.5 Å². The zero-order chi connectivity index (χ0) is 25.2. The molecule has 0 unspecified atom stereocenters. The quantitative estimate of drug-likeness (QED) is 0.369. The van der Waals surface area contributed by atoms with Gasteiger partial charge in [-0.05, 0) is 42.8 Å². The number of nitriles is 1. The van der Waals surface area contributed by atoms with Gasteiger partial charge in [-0.2, -0.15) is 10.4 Å². The molecule has 3 aromatic carbocycles. The standard InChI is InChI=1S/C28H23ClN4O3/c1-17-25-26(21(15-30)27(31)36-28(25)33(32-17)20-9-4-3-5-10-20)18-12-13-23(24(14-18)34-2)35-16-19-8-6-7-11-22(19)29/h3-14,26H,16,31H2,1-2H3/t26-/m1/s1. The second kappa shape index (κ2) is 9.68. The largest absolute Gasteiger partial charge is 0.493 e. The first-order valence-electron chi connectivity index (χ1n) is 11.3. The molecule has 5 rings (SSSR count). The Kier molecular flexibility index (Phi) is 6.28. The Balaban J connectivity index is 1.56. The second-order valence-corrected chi connectivity index (χ2v) is 8.67. The molecule has 0 saturated heterocycles. The Morgan fingerprint density at radius 1 is 1.08 bits per heavy atom. The van der Waals surface area contributed by atoms with Gasteiger partial charge >= 0.3 is 0 Å². The van der Waals surface area contributed by atoms with Crippen molar-refractivity contribution < 1.29 is 14.2 Å². The normalized spacial score (nSPS) is 14.6. The molecule has 0 amide bonds. The number of benzene rings is 3. The highest BCUT2D eigenvalue weighted by Gasteiger charge is 2.36. The number of fused-ring (bicyclic) bond motifs is 1. The zero-order valence-corrected chi connectivity index (χ0v) is 20.5. The van der Waals surface area contributed by atoms with E-state index in [2.05, 4.69) is 6.07 Å². The van der Waals surface area contributed by atoms with E-state index in [1.807, 2.05) is 79.7 Å². The first-order valence-corrected chi connectivity index (χ1v) is 11.7. The van der Waals surface area contributed by atoms with Gasteiger partial charge < -0.3 is 19.9 Å². The predicted molar refractivity (Wildman–Crippen MR) is 136 cm³/mol. The molecule has 2 heterocycles. The lowest BCUT2D eigenvalue weighted by Crippen LogP contribution is -2.22. The van der Waals surface area contributed by atoms with E-state index < -0.39 is 5.92 Å². The number of nitrogens with two attached hydrogens (primary N) is 1. The van der Waals surface area contributed by atoms with E-state index in [1.54, 1.807) is 11.8 Å². The summed E-state index contributed by atoms with van der Waals surface area (Å²) in [5.74, 6) is 1.13. The van der Waals surface area contributed by atoms with E-state index in [-0.39, 0.29) is 12.5 Å². The number of halogens is 1. The van der Waals surface area contributed by atoms with E-state index in [9.17, 15) is 5.26 Å². The summed E-state index contributed by atoms with van der Waals surface area (Å²) in [6, 6.07) is 24.9. The van der Waals surface area contributed by atoms with E-state index in [1.165, 1.54) is 0 Å². The summed E-state index contributed by atoms with van der Waals surface area (Å²) in [6.45, 7) is 2.18. The average Bonchev–Trinajstić information content (AvgIpc) is 3.23. The Morgan fingerprint density at radius 3 is 2.56 bits per heavy atom. The highest BCUT2D eigenvalue weighted by atomic mass is 35.5. The lowest BCUT2D eigenvalue weighted by atomic mass is 9.84. The van der Waals surface area contributed by atoms with Crippen molar-refractivity contribution in [3.05, 3.63) is 112 Å². The van der Waals surface area contributed by atoms with Gasteiger partial charge in [0.1, 0.15) is 18.2 Å². The number of aromatic nitrogens is 2. The van der Waals surface area contributed by atoms with Crippen LogP contribution in [0.15, 0.2) is 84.3 Å². The zero-order valence-electron chi connectivity index (χ0n) is 19.7. The molecule has 1 aliphatic rings. The van der Waals surface area contributed by atoms with Crippen LogP contribution in [-0.2, 0) is 6.61 Å². The second-order valence-electron chi connectivity index (χ2n) is 8.27. The van der Waals surface area contributed by atoms with Crippen molar-refractivity contribution in [2.45, 2.75) is 19.4 Å². The smallest absolute Gasteiger partial charge is 0.229 e. The number of ether oxygens (including phenoxy) is 3. The van der Waals surface area contributed by atoms with Crippen LogP contribution in [0.5, 0.6) is 17.4 Å². The van der Waals surface area contributed by atoms with Gasteiger partial charge in [0.05, 0.1) is 30.0 Å². The van der Waals surface area contributed by atoms with Gasteiger partial charge in [0.25, 0.3) is 0 Å². The van der Waals surface area contributed by atoms with Crippen LogP contribution < -0.4 is 19.9 Å². The highest BCUT2D eigenvalue weighted by Crippen LogP contribution is 2.46. The van der Waals surface area contributed by atoms with Crippen molar-refractivity contribution in [3.63, 3.8) is 0 Å². The van der Waals surface area contributed by atoms with Crippen molar-refractivity contribution in [1.29, 1.82) is 5.26 Å². The van der Waals surface area contributed by atoms with E-state index in [4.69, 9.17) is 36.6 Å². The fourth-order valence-electron chi connectivity index (χ4n) is 4.35. The summed E-state index contributed by atoms with van der Waals surface area (Å²) >= 11 is 6.27. The van der Waals surface area contributed by atoms with Gasteiger partial charge in [-0.25, -0.2) is 4.68 Å². The predicted octanol–water partition coefficient (Wildman–Crippen LogP) is 5.64. The number of para-hydroxylation sites is 1. The Labute approximate surface area is 213 Å². The summed E-state index contributed by atoms with van der Waals surface area (Å²) < 4.78 is 19.3. The van der Waals surface area contributed by atoms with Crippen LogP contribution in [0, 0.1) is 18.3 Å². The molecule has 1 atom stereocenters. The number of hydrogen-bond acceptors (Lipinski definition) is 6. The Morgan fingerprint density at radius 2 is 1.83 bits per heavy atom. The molecule has 4 aromatic rings. The lowest BCUT2D eigenvalue weighted by Gasteiger charge is -2.25. The summed E-state index contributed by atoms with van der Waals surface area (Å²) in [7, 11) is 1.57. The van der Waals surface area contributed by atoms with Crippen LogP contribution in [0.1, 0.15) is 28.3 Å². The molecule has 1 aromatic heterocycles. The molecule has 0 aliphatic carbocycles. The van der Waals surface area contributed by atoms with Crippen LogP contribution >= 0.6 is 11.6 Å². The number of hydrogen-bond donors (Lipinski definition) is 1. The number of allylic oxidation sites excluding steroid dienone is 1. The van der Waals surface area contributed by atoms with Crippen LogP contribution in [0.25, 0.3) is 5.69 Å². The molecule has 0 fully saturated rings. The van der Waals surface area contributed by atoms with Crippen LogP contribution in [-0.4, -0.2) is 16.9 Å². The van der Waals surface area contributed by atoms with Gasteiger partial charge in [-0.3, -0.25) is 0 Å². The molecule has 0 radical (unpaired) electrons. The van der Waals surface area contributed by atoms with Gasteiger partial charge in [0.2, 0.25) is 11.8 Å². The van der Waals surface area contributed by atoms with Crippen molar-refractivity contribution in [2.24, 2.45) is 5.73 Å². The maximum atomic E-state index is 9.99. The number of rotatable bonds is 6. The van der Waals surface area contributed by atoms with Crippen molar-refractivity contribution >= 4 is 11.6 Å². The number of nitrogens with zero attached hydrogens (tertiary/aromatic N) is 3. The summed E-state index contributed by atoms with van der Waals surface area (Å²) in [4.78, 5) is 0. The lowest BCUT2D eigenvalue weighted by molar-refractivity contribution is 0.284. The Hall–Kier alpha value is -4.41. The minimum Gasteiger partial charge on any atom is -0.493 e. The van der Waals surface area contributed by atoms with Crippen LogP contribution in [0.3, 0.4) is 0 Å². The molecule has 180 valence electrons. The fourth-order valence-corrected chi connectivity index (χ4v) is 4.54. The monoisotopic (exact) mass is 498 g/mol. The summed E-state index contributed by atoms with van der Waals surface area (Å²) in [5.41, 5.74) is 10.6. The molecular formula is C28H23ClN4O3. The molecule has 2 N–H and O–H groups in total. The number of methoxy groups -OCH3 is 1. The molecule has 8 heteroatoms. The SMILES string of the molecule is COc1cc([C@@H]2C(C#N)=C(N)Oc3c2c(C)nn3-c2ccccc2)ccc1OCc1ccccc1Cl. The minimum absolute atomic E-state index is 0.0464. The Bertz CT molecular complexity index is 1510. The van der Waals surface area contributed by atoms with Gasteiger partial charge in [0, 0.05) is 10.6 Å². The van der Waals surface area contributed by atoms with Crippen molar-refractivity contribution in [2.75, 3.05) is 7.11 Å². The van der Waals surface area contributed by atoms with Gasteiger partial charge in [-0.1, -0.05) is 54.1 Å². The third-order valence-corrected chi connectivity index (χ3v) is 6.46. The van der Waals surface area contributed by atoms with E-state index >= 15 is 0 Å². The molecule has 36 heavy (non-hydrogen) atoms. The molecule has 0 saturated carbocycles. The van der Waals surface area contributed by atoms with Gasteiger partial charge in [-0.15, -0.1) is 0 Å². The van der Waals surface area contributed by atoms with Crippen molar-refractivity contribution in [3.8, 4) is 29.1 Å². The molecule has 7 nitrogen and oxygen atoms in total. The average molecular weight is 499 g/mol. The molecule has 0 bridgehead atoms. The first kappa shape index (κ1) is 23.3. The van der Waals surface area contributed by atoms with E-state index in [0.29, 0.717) is 28.0 Å². The fraction of sp³-hybridized carbons (Fsp3) is 0.143. The van der Waals surface area contributed by atoms with Crippen molar-refractivity contribution in [1.82, 2.24) is 9.78 Å². The van der Waals surface area contributed by atoms with Crippen LogP contribution in [0.4, 0.5) is 0 Å².